The first-order valence-corrected chi connectivity index (χ1v) is 43.0. The van der Waals surface area contributed by atoms with Crippen LogP contribution in [0.3, 0.4) is 0 Å². The number of aromatic nitrogens is 4. The average Bonchev–Trinajstić information content (AvgIpc) is 0.658. The topological polar surface area (TPSA) is 156 Å². The Morgan fingerprint density at radius 2 is 0.318 bits per heavy atom. The van der Waals surface area contributed by atoms with Crippen molar-refractivity contribution in [2.45, 2.75) is 285 Å². The minimum atomic E-state index is -0.339. The molecule has 0 radical (unpaired) electrons. The molecule has 17 rings (SSSR count). The summed E-state index contributed by atoms with van der Waals surface area (Å²) in [5.41, 5.74) is -2.45. The summed E-state index contributed by atoms with van der Waals surface area (Å²) in [5.74, 6) is 0. The fraction of sp³-hybridized carbons (Fsp3) is 0.449. The highest BCUT2D eigenvalue weighted by molar-refractivity contribution is 6.55. The van der Waals surface area contributed by atoms with Gasteiger partial charge in [-0.3, -0.25) is 56.6 Å². The molecule has 0 bridgehead atoms. The van der Waals surface area contributed by atoms with Crippen LogP contribution < -0.4 is 44.5 Å². The van der Waals surface area contributed by atoms with Crippen molar-refractivity contribution in [3.8, 4) is 0 Å². The van der Waals surface area contributed by atoms with Gasteiger partial charge in [0, 0.05) is 88.8 Å². The Morgan fingerprint density at radius 1 is 0.173 bits per heavy atom. The maximum absolute atomic E-state index is 16.6. The van der Waals surface area contributed by atoms with E-state index in [0.717, 1.165) is 262 Å². The number of nitrogens with zero attached hydrogens (tertiary/aromatic N) is 4. The van der Waals surface area contributed by atoms with Gasteiger partial charge in [-0.2, -0.15) is 0 Å². The lowest BCUT2D eigenvalue weighted by Crippen LogP contribution is -2.37. The third-order valence-corrected chi connectivity index (χ3v) is 26.7. The first-order chi connectivity index (χ1) is 53.7. The van der Waals surface area contributed by atoms with Crippen molar-refractivity contribution in [3.05, 3.63) is 168 Å². The Hall–Kier alpha value is -9.42. The van der Waals surface area contributed by atoms with Crippen molar-refractivity contribution >= 4 is 172 Å². The molecule has 0 fully saturated rings. The van der Waals surface area contributed by atoms with Crippen LogP contribution >= 0.6 is 0 Å². The fourth-order valence-corrected chi connectivity index (χ4v) is 21.4. The van der Waals surface area contributed by atoms with E-state index >= 15 is 38.4 Å². The Kier molecular flexibility index (Phi) is 19.8. The van der Waals surface area contributed by atoms with E-state index in [-0.39, 0.29) is 68.6 Å². The summed E-state index contributed by atoms with van der Waals surface area (Å²) in [7, 11) is 0. The van der Waals surface area contributed by atoms with Gasteiger partial charge < -0.3 is 0 Å². The van der Waals surface area contributed by atoms with Gasteiger partial charge in [0.2, 0.25) is 0 Å². The lowest BCUT2D eigenvalue weighted by atomic mass is 9.77. The van der Waals surface area contributed by atoms with Crippen LogP contribution in [-0.2, 0) is 0 Å². The standard InChI is InChI=1S/C98H106N4O8/c1-9-17-25-33-55(34-26-18-10-2)99-91(103)65-47-43-59-61-45-49-67-81-75(97(109)101(93(67)105)57(37-29-21-13-5)38-30-22-14-6)53-71-77-63(69-51-73(95(99)107)79(65)83(59)87(69)89(71)85(61)81)41-42-64-70-52-74-80-66(92(104)100(96(74)108)56(35-27-19-11-3)36-28-20-12-4)48-44-60-62-46-50-68-82-76(54-72(78(64)77)90(86(62)82)88(70)84(60)80)98(110)102(94(68)106)58(39-31-23-15-7)40-32-24-16-8/h41-58H,9-40H2,1-8H3. The van der Waals surface area contributed by atoms with Crippen LogP contribution in [0.4, 0.5) is 0 Å². The van der Waals surface area contributed by atoms with Crippen LogP contribution in [0.15, 0.2) is 123 Å². The van der Waals surface area contributed by atoms with Crippen LogP contribution in [0, 0.1) is 0 Å². The first-order valence-electron chi connectivity index (χ1n) is 43.0. The Labute approximate surface area is 639 Å². The Morgan fingerprint density at radius 3 is 0.518 bits per heavy atom. The van der Waals surface area contributed by atoms with Crippen molar-refractivity contribution in [2.75, 3.05) is 0 Å². The molecule has 0 saturated carbocycles. The van der Waals surface area contributed by atoms with Gasteiger partial charge in [-0.05, 0) is 208 Å². The molecular weight excluding hydrogens is 1360 g/mol. The van der Waals surface area contributed by atoms with Crippen LogP contribution in [0.1, 0.15) is 285 Å². The highest BCUT2D eigenvalue weighted by atomic mass is 16.2. The number of pyridine rings is 4. The summed E-state index contributed by atoms with van der Waals surface area (Å²) in [5, 5.41) is 21.9. The smallest absolute Gasteiger partial charge is 0.261 e. The van der Waals surface area contributed by atoms with E-state index in [1.54, 1.807) is 18.3 Å². The summed E-state index contributed by atoms with van der Waals surface area (Å²) in [6.07, 6.45) is 28.4. The summed E-state index contributed by atoms with van der Waals surface area (Å²) in [6.45, 7) is 17.4. The van der Waals surface area contributed by atoms with E-state index < -0.39 is 0 Å². The van der Waals surface area contributed by atoms with E-state index in [0.29, 0.717) is 116 Å². The zero-order valence-electron chi connectivity index (χ0n) is 66.1. The summed E-state index contributed by atoms with van der Waals surface area (Å²) in [6, 6.07) is 27.1. The Bertz CT molecular complexity index is 6450. The largest absolute Gasteiger partial charge is 0.271 e. The van der Waals surface area contributed by atoms with Gasteiger partial charge in [-0.15, -0.1) is 0 Å². The lowest BCUT2D eigenvalue weighted by Gasteiger charge is -2.27. The second-order valence-corrected chi connectivity index (χ2v) is 33.4. The zero-order chi connectivity index (χ0) is 76.2. The van der Waals surface area contributed by atoms with Crippen LogP contribution in [0.25, 0.3) is 172 Å². The highest BCUT2D eigenvalue weighted by Crippen LogP contribution is 2.56. The van der Waals surface area contributed by atoms with Crippen LogP contribution in [0.2, 0.25) is 0 Å². The molecule has 0 atom stereocenters. The second kappa shape index (κ2) is 29.7. The van der Waals surface area contributed by atoms with Gasteiger partial charge in [-0.1, -0.05) is 246 Å². The molecule has 0 amide bonds. The number of hydrogen-bond acceptors (Lipinski definition) is 8. The van der Waals surface area contributed by atoms with E-state index in [9.17, 15) is 0 Å². The van der Waals surface area contributed by atoms with Gasteiger partial charge in [0.25, 0.3) is 44.5 Å². The van der Waals surface area contributed by atoms with Crippen molar-refractivity contribution in [1.82, 2.24) is 18.3 Å². The molecule has 0 N–H and O–H groups in total. The van der Waals surface area contributed by atoms with E-state index in [1.807, 2.05) is 48.5 Å². The molecular formula is C98H106N4O8. The van der Waals surface area contributed by atoms with Crippen molar-refractivity contribution in [2.24, 2.45) is 0 Å². The van der Waals surface area contributed by atoms with Gasteiger partial charge in [0.1, 0.15) is 0 Å². The zero-order valence-corrected chi connectivity index (χ0v) is 66.1. The van der Waals surface area contributed by atoms with Gasteiger partial charge in [-0.25, -0.2) is 0 Å². The molecule has 566 valence electrons. The number of fused-ring (bicyclic) bond motifs is 9. The molecule has 0 spiro atoms. The number of hydrogen-bond donors (Lipinski definition) is 0. The molecule has 0 aliphatic heterocycles. The van der Waals surface area contributed by atoms with E-state index in [1.165, 1.54) is 0 Å². The number of benzene rings is 13. The van der Waals surface area contributed by atoms with Gasteiger partial charge in [0.05, 0.1) is 0 Å². The van der Waals surface area contributed by atoms with Crippen molar-refractivity contribution < 1.29 is 0 Å². The summed E-state index contributed by atoms with van der Waals surface area (Å²) < 4.78 is 6.41. The summed E-state index contributed by atoms with van der Waals surface area (Å²) >= 11 is 0. The minimum absolute atomic E-state index is 0.285. The summed E-state index contributed by atoms with van der Waals surface area (Å²) in [4.78, 5) is 129. The Balaban J connectivity index is 1.12. The molecule has 0 unspecified atom stereocenters. The molecule has 4 aromatic heterocycles. The molecule has 12 heteroatoms. The third kappa shape index (κ3) is 11.0. The van der Waals surface area contributed by atoms with Crippen molar-refractivity contribution in [3.63, 3.8) is 0 Å². The fourth-order valence-electron chi connectivity index (χ4n) is 21.4. The van der Waals surface area contributed by atoms with Crippen molar-refractivity contribution in [1.29, 1.82) is 0 Å². The normalized spacial score (nSPS) is 13.1. The molecule has 13 aromatic carbocycles. The van der Waals surface area contributed by atoms with Gasteiger partial charge >= 0.3 is 0 Å². The predicted octanol–water partition coefficient (Wildman–Crippen LogP) is 24.5. The first kappa shape index (κ1) is 73.4. The molecule has 12 nitrogen and oxygen atoms in total. The third-order valence-electron chi connectivity index (χ3n) is 26.7. The van der Waals surface area contributed by atoms with E-state index in [2.05, 4.69) is 91.8 Å². The molecule has 0 aliphatic rings. The molecule has 0 aliphatic carbocycles. The lowest BCUT2D eigenvalue weighted by molar-refractivity contribution is 0.387. The molecule has 4 heterocycles. The molecule has 17 aromatic rings. The molecule has 110 heavy (non-hydrogen) atoms. The average molecular weight is 1470 g/mol. The SMILES string of the molecule is CCCCCC(CCCCC)n1c(=O)c2ccc3c4ccc5c(=O)n(C(CCCCC)CCCCC)c(=O)c6cc7c8c(ccc9c%10cc%11c(=O)n(C(CCCCC)CCCCC)c(=O)c%12ccc%13c%14ccc%15c(=O)n(C(CCCCC)CCCCC)c(=O)c%16cc(c98)c(c%14c%15%16)c%10c%13c%12%11)c8cc(c1=O)c2c3c8c7c4c56. The van der Waals surface area contributed by atoms with Crippen LogP contribution in [0.5, 0.6) is 0 Å². The monoisotopic (exact) mass is 1470 g/mol. The quantitative estimate of drug-likeness (QED) is 0.0213. The number of unbranched alkanes of at least 4 members (excludes halogenated alkanes) is 16. The predicted molar refractivity (Wildman–Crippen MR) is 467 cm³/mol. The molecule has 0 saturated heterocycles. The maximum Gasteiger partial charge on any atom is 0.261 e. The van der Waals surface area contributed by atoms with E-state index in [4.69, 9.17) is 0 Å². The highest BCUT2D eigenvalue weighted by Gasteiger charge is 2.35. The minimum Gasteiger partial charge on any atom is -0.271 e. The second-order valence-electron chi connectivity index (χ2n) is 33.4. The number of rotatable bonds is 36. The van der Waals surface area contributed by atoms with Crippen LogP contribution in [-0.4, -0.2) is 18.3 Å². The van der Waals surface area contributed by atoms with Gasteiger partial charge in [0.15, 0.2) is 0 Å². The maximum atomic E-state index is 16.6.